The molecule has 2 fully saturated rings. The number of ether oxygens (including phenoxy) is 1. The molecule has 3 heterocycles. The molecule has 2 aliphatic rings. The lowest BCUT2D eigenvalue weighted by Gasteiger charge is -2.41. The molecule has 3 amide bonds. The van der Waals surface area contributed by atoms with E-state index in [0.29, 0.717) is 62.1 Å². The number of hydrogen-bond donors (Lipinski definition) is 1. The quantitative estimate of drug-likeness (QED) is 0.409. The van der Waals surface area contributed by atoms with Crippen LogP contribution >= 0.6 is 23.4 Å². The molecule has 1 atom stereocenters. The molecule has 2 saturated heterocycles. The smallest absolute Gasteiger partial charge is 0.318 e. The van der Waals surface area contributed by atoms with Gasteiger partial charge < -0.3 is 24.8 Å². The van der Waals surface area contributed by atoms with Crippen molar-refractivity contribution in [3.05, 3.63) is 11.2 Å². The molecule has 31 heavy (non-hydrogen) atoms. The van der Waals surface area contributed by atoms with Gasteiger partial charge in [-0.15, -0.1) is 0 Å². The zero-order valence-corrected chi connectivity index (χ0v) is 20.1. The predicted molar refractivity (Wildman–Crippen MR) is 122 cm³/mol. The van der Waals surface area contributed by atoms with Crippen molar-refractivity contribution in [1.29, 1.82) is 0 Å². The van der Waals surface area contributed by atoms with E-state index in [0.717, 1.165) is 0 Å². The van der Waals surface area contributed by atoms with Crippen molar-refractivity contribution >= 4 is 41.1 Å². The molecule has 0 spiro atoms. The molecule has 1 aromatic heterocycles. The first-order valence-corrected chi connectivity index (χ1v) is 11.9. The van der Waals surface area contributed by atoms with Gasteiger partial charge in [0.2, 0.25) is 5.91 Å². The van der Waals surface area contributed by atoms with Gasteiger partial charge in [0, 0.05) is 50.4 Å². The summed E-state index contributed by atoms with van der Waals surface area (Å²) in [5.74, 6) is 1.02. The van der Waals surface area contributed by atoms with Gasteiger partial charge in [-0.1, -0.05) is 23.4 Å². The summed E-state index contributed by atoms with van der Waals surface area (Å²) in [6.45, 7) is 12.2. The number of carbonyl (C=O) groups is 2. The molecule has 172 valence electrons. The maximum absolute atomic E-state index is 12.6. The summed E-state index contributed by atoms with van der Waals surface area (Å²) in [5, 5.41) is 3.84. The highest BCUT2D eigenvalue weighted by Crippen LogP contribution is 2.24. The van der Waals surface area contributed by atoms with E-state index in [1.807, 2.05) is 32.6 Å². The Morgan fingerprint density at radius 1 is 1.23 bits per heavy atom. The Morgan fingerprint density at radius 2 is 1.94 bits per heavy atom. The van der Waals surface area contributed by atoms with Crippen LogP contribution in [-0.4, -0.2) is 95.0 Å². The minimum absolute atomic E-state index is 0.0174. The molecule has 0 aromatic carbocycles. The van der Waals surface area contributed by atoms with Crippen LogP contribution < -0.4 is 10.2 Å². The van der Waals surface area contributed by atoms with E-state index >= 15 is 0 Å². The highest BCUT2D eigenvalue weighted by Gasteiger charge is 2.30. The van der Waals surface area contributed by atoms with Crippen LogP contribution in [0.4, 0.5) is 10.6 Å². The van der Waals surface area contributed by atoms with Crippen molar-refractivity contribution in [3.8, 4) is 0 Å². The fourth-order valence-electron chi connectivity index (χ4n) is 3.50. The summed E-state index contributed by atoms with van der Waals surface area (Å²) in [6.07, 6.45) is 0. The van der Waals surface area contributed by atoms with Gasteiger partial charge in [0.25, 0.3) is 0 Å². The Balaban J connectivity index is 1.60. The standard InChI is InChI=1S/C20H31ClN6O3S/c1-14-12-26(5-6-27(14)19(29)24-20(2,3)4)16-11-15(21)22-18(23-16)31-13-17(28)25-7-9-30-10-8-25/h11,14H,5-10,12-13H2,1-4H3,(H,24,29). The number of anilines is 1. The number of carbonyl (C=O) groups excluding carboxylic acids is 2. The monoisotopic (exact) mass is 470 g/mol. The van der Waals surface area contributed by atoms with Crippen LogP contribution in [0.5, 0.6) is 0 Å². The average molecular weight is 471 g/mol. The zero-order valence-electron chi connectivity index (χ0n) is 18.6. The summed E-state index contributed by atoms with van der Waals surface area (Å²) < 4.78 is 5.29. The van der Waals surface area contributed by atoms with Gasteiger partial charge in [0.15, 0.2) is 5.16 Å². The number of nitrogens with zero attached hydrogens (tertiary/aromatic N) is 5. The first kappa shape index (κ1) is 23.9. The number of aromatic nitrogens is 2. The average Bonchev–Trinajstić information content (AvgIpc) is 2.70. The Kier molecular flexibility index (Phi) is 7.87. The van der Waals surface area contributed by atoms with Crippen LogP contribution in [0.2, 0.25) is 5.15 Å². The molecular formula is C20H31ClN6O3S. The fraction of sp³-hybridized carbons (Fsp3) is 0.700. The molecule has 0 saturated carbocycles. The van der Waals surface area contributed by atoms with Crippen molar-refractivity contribution in [2.75, 3.05) is 56.6 Å². The van der Waals surface area contributed by atoms with Crippen LogP contribution in [0.3, 0.4) is 0 Å². The van der Waals surface area contributed by atoms with Crippen molar-refractivity contribution in [3.63, 3.8) is 0 Å². The molecule has 9 nitrogen and oxygen atoms in total. The molecule has 3 rings (SSSR count). The van der Waals surface area contributed by atoms with Crippen molar-refractivity contribution < 1.29 is 14.3 Å². The van der Waals surface area contributed by atoms with Crippen molar-refractivity contribution in [2.24, 2.45) is 0 Å². The number of urea groups is 1. The first-order valence-electron chi connectivity index (χ1n) is 10.5. The van der Waals surface area contributed by atoms with Crippen LogP contribution in [0, 0.1) is 0 Å². The van der Waals surface area contributed by atoms with E-state index in [-0.39, 0.29) is 29.3 Å². The van der Waals surface area contributed by atoms with Crippen LogP contribution in [0.25, 0.3) is 0 Å². The largest absolute Gasteiger partial charge is 0.378 e. The summed E-state index contributed by atoms with van der Waals surface area (Å²) >= 11 is 7.53. The number of thioether (sulfide) groups is 1. The molecule has 2 aliphatic heterocycles. The lowest BCUT2D eigenvalue weighted by atomic mass is 10.1. The topological polar surface area (TPSA) is 90.9 Å². The van der Waals surface area contributed by atoms with Crippen LogP contribution in [0.15, 0.2) is 11.2 Å². The number of rotatable bonds is 4. The summed E-state index contributed by atoms with van der Waals surface area (Å²) in [4.78, 5) is 39.6. The Bertz CT molecular complexity index is 800. The Morgan fingerprint density at radius 3 is 2.58 bits per heavy atom. The number of halogens is 1. The molecule has 0 aliphatic carbocycles. The van der Waals surface area contributed by atoms with Gasteiger partial charge >= 0.3 is 6.03 Å². The van der Waals surface area contributed by atoms with Gasteiger partial charge in [-0.25, -0.2) is 14.8 Å². The lowest BCUT2D eigenvalue weighted by molar-refractivity contribution is -0.132. The highest BCUT2D eigenvalue weighted by molar-refractivity contribution is 7.99. The van der Waals surface area contributed by atoms with Gasteiger partial charge in [-0.05, 0) is 27.7 Å². The van der Waals surface area contributed by atoms with E-state index in [4.69, 9.17) is 16.3 Å². The van der Waals surface area contributed by atoms with Crippen LogP contribution in [-0.2, 0) is 9.53 Å². The second-order valence-electron chi connectivity index (χ2n) is 8.78. The summed E-state index contributed by atoms with van der Waals surface area (Å²) in [7, 11) is 0. The minimum atomic E-state index is -0.279. The molecule has 0 bridgehead atoms. The van der Waals surface area contributed by atoms with E-state index < -0.39 is 0 Å². The highest BCUT2D eigenvalue weighted by atomic mass is 35.5. The number of piperazine rings is 1. The SMILES string of the molecule is CC1CN(c2cc(Cl)nc(SCC(=O)N3CCOCC3)n2)CCN1C(=O)NC(C)(C)C. The fourth-order valence-corrected chi connectivity index (χ4v) is 4.49. The van der Waals surface area contributed by atoms with E-state index in [9.17, 15) is 9.59 Å². The van der Waals surface area contributed by atoms with Crippen molar-refractivity contribution in [1.82, 2.24) is 25.1 Å². The molecule has 0 radical (unpaired) electrons. The number of nitrogens with one attached hydrogen (secondary N) is 1. The normalized spacial score (nSPS) is 20.0. The Labute approximate surface area is 192 Å². The van der Waals surface area contributed by atoms with E-state index in [1.54, 1.807) is 11.0 Å². The third kappa shape index (κ3) is 6.85. The van der Waals surface area contributed by atoms with Crippen molar-refractivity contribution in [2.45, 2.75) is 44.4 Å². The molecular weight excluding hydrogens is 440 g/mol. The van der Waals surface area contributed by atoms with Gasteiger partial charge in [0.1, 0.15) is 11.0 Å². The summed E-state index contributed by atoms with van der Waals surface area (Å²) in [5.41, 5.74) is -0.279. The van der Waals surface area contributed by atoms with Gasteiger partial charge in [0.05, 0.1) is 19.0 Å². The second kappa shape index (κ2) is 10.2. The van der Waals surface area contributed by atoms with Gasteiger partial charge in [-0.2, -0.15) is 0 Å². The number of morpholine rings is 1. The summed E-state index contributed by atoms with van der Waals surface area (Å²) in [6, 6.07) is 1.69. The molecule has 11 heteroatoms. The lowest BCUT2D eigenvalue weighted by Crippen LogP contribution is -2.59. The van der Waals surface area contributed by atoms with E-state index in [2.05, 4.69) is 20.2 Å². The molecule has 1 unspecified atom stereocenters. The third-order valence-electron chi connectivity index (χ3n) is 5.04. The first-order chi connectivity index (χ1) is 14.6. The molecule has 1 aromatic rings. The zero-order chi connectivity index (χ0) is 22.6. The third-order valence-corrected chi connectivity index (χ3v) is 6.07. The predicted octanol–water partition coefficient (Wildman–Crippen LogP) is 2.10. The van der Waals surface area contributed by atoms with Crippen LogP contribution in [0.1, 0.15) is 27.7 Å². The maximum atomic E-state index is 12.6. The van der Waals surface area contributed by atoms with E-state index in [1.165, 1.54) is 11.8 Å². The second-order valence-corrected chi connectivity index (χ2v) is 10.1. The molecule has 1 N–H and O–H groups in total. The number of amides is 3. The minimum Gasteiger partial charge on any atom is -0.378 e. The number of hydrogen-bond acceptors (Lipinski definition) is 7. The Hall–Kier alpha value is -1.78. The maximum Gasteiger partial charge on any atom is 0.318 e. The van der Waals surface area contributed by atoms with Gasteiger partial charge in [-0.3, -0.25) is 4.79 Å².